The number of hydrogen-bond acceptors (Lipinski definition) is 4. The molecule has 0 saturated carbocycles. The lowest BCUT2D eigenvalue weighted by molar-refractivity contribution is 1.18. The summed E-state index contributed by atoms with van der Waals surface area (Å²) in [4.78, 5) is 4.06. The number of nitrogens with zero attached hydrogens (tertiary/aromatic N) is 3. The molecule has 0 spiro atoms. The maximum Gasteiger partial charge on any atom is 0.145 e. The fourth-order valence-electron chi connectivity index (χ4n) is 0.974. The molecule has 0 aromatic carbocycles. The Balaban J connectivity index is 3.14. The summed E-state index contributed by atoms with van der Waals surface area (Å²) in [5, 5.41) is 20.1. The van der Waals surface area contributed by atoms with E-state index in [4.69, 9.17) is 10.5 Å². The highest BCUT2D eigenvalue weighted by Gasteiger charge is 2.08. The fourth-order valence-corrected chi connectivity index (χ4v) is 1.38. The normalized spacial score (nSPS) is 8.86. The first kappa shape index (κ1) is 10.7. The molecule has 0 radical (unpaired) electrons. The smallest absolute Gasteiger partial charge is 0.145 e. The monoisotopic (exact) mass is 298 g/mol. The van der Waals surface area contributed by atoms with Gasteiger partial charge in [0.15, 0.2) is 0 Å². The van der Waals surface area contributed by atoms with Crippen molar-refractivity contribution in [3.63, 3.8) is 0 Å². The van der Waals surface area contributed by atoms with Crippen LogP contribution in [0.25, 0.3) is 0 Å². The lowest BCUT2D eigenvalue weighted by Gasteiger charge is -2.06. The van der Waals surface area contributed by atoms with E-state index in [9.17, 15) is 0 Å². The Hall–Kier alpha value is -1.34. The van der Waals surface area contributed by atoms with Gasteiger partial charge in [0, 0.05) is 9.77 Å². The number of rotatable bonds is 2. The third-order valence-electron chi connectivity index (χ3n) is 1.72. The molecule has 0 aliphatic carbocycles. The van der Waals surface area contributed by atoms with E-state index < -0.39 is 0 Å². The summed E-state index contributed by atoms with van der Waals surface area (Å²) in [5.74, 6) is 0.479. The summed E-state index contributed by atoms with van der Waals surface area (Å²) < 4.78 is 0.946. The van der Waals surface area contributed by atoms with E-state index in [0.29, 0.717) is 11.4 Å². The minimum absolute atomic E-state index is 0.154. The van der Waals surface area contributed by atoms with Crippen molar-refractivity contribution < 1.29 is 0 Å². The van der Waals surface area contributed by atoms with Gasteiger partial charge in [0.25, 0.3) is 0 Å². The molecule has 70 valence electrons. The Morgan fingerprint density at radius 2 is 2.29 bits per heavy atom. The van der Waals surface area contributed by atoms with Crippen LogP contribution >= 0.6 is 22.6 Å². The SMILES string of the molecule is Cc1c(I)cnc(NCC#N)c1C#N. The van der Waals surface area contributed by atoms with Crippen molar-refractivity contribution in [2.45, 2.75) is 6.92 Å². The van der Waals surface area contributed by atoms with Crippen molar-refractivity contribution in [2.75, 3.05) is 11.9 Å². The molecule has 0 fully saturated rings. The van der Waals surface area contributed by atoms with E-state index >= 15 is 0 Å². The quantitative estimate of drug-likeness (QED) is 0.667. The molecule has 1 heterocycles. The largest absolute Gasteiger partial charge is 0.356 e. The van der Waals surface area contributed by atoms with E-state index in [1.165, 1.54) is 0 Å². The highest BCUT2D eigenvalue weighted by Crippen LogP contribution is 2.20. The number of pyridine rings is 1. The second-order valence-corrected chi connectivity index (χ2v) is 3.74. The van der Waals surface area contributed by atoms with E-state index in [1.807, 2.05) is 13.0 Å². The van der Waals surface area contributed by atoms with Gasteiger partial charge in [0.05, 0.1) is 11.6 Å². The molecular weight excluding hydrogens is 291 g/mol. The van der Waals surface area contributed by atoms with Gasteiger partial charge in [-0.25, -0.2) is 4.98 Å². The van der Waals surface area contributed by atoms with E-state index in [2.05, 4.69) is 39.0 Å². The van der Waals surface area contributed by atoms with Gasteiger partial charge < -0.3 is 5.32 Å². The molecule has 0 aliphatic rings. The van der Waals surface area contributed by atoms with Crippen LogP contribution in [-0.2, 0) is 0 Å². The molecule has 0 bridgehead atoms. The lowest BCUT2D eigenvalue weighted by Crippen LogP contribution is -2.05. The van der Waals surface area contributed by atoms with Gasteiger partial charge >= 0.3 is 0 Å². The number of aromatic nitrogens is 1. The van der Waals surface area contributed by atoms with E-state index in [0.717, 1.165) is 9.13 Å². The second kappa shape index (κ2) is 4.77. The molecule has 0 unspecified atom stereocenters. The minimum Gasteiger partial charge on any atom is -0.356 e. The van der Waals surface area contributed by atoms with Gasteiger partial charge in [-0.3, -0.25) is 0 Å². The summed E-state index contributed by atoms with van der Waals surface area (Å²) in [5.41, 5.74) is 1.40. The number of nitrogens with one attached hydrogen (secondary N) is 1. The Bertz CT molecular complexity index is 428. The molecule has 5 heteroatoms. The van der Waals surface area contributed by atoms with Gasteiger partial charge in [0.2, 0.25) is 0 Å². The van der Waals surface area contributed by atoms with Crippen molar-refractivity contribution in [2.24, 2.45) is 0 Å². The molecule has 1 rings (SSSR count). The number of anilines is 1. The van der Waals surface area contributed by atoms with E-state index in [1.54, 1.807) is 6.20 Å². The predicted octanol–water partition coefficient (Wildman–Crippen LogP) is 1.80. The van der Waals surface area contributed by atoms with Crippen LogP contribution in [0.4, 0.5) is 5.82 Å². The van der Waals surface area contributed by atoms with Crippen molar-refractivity contribution in [3.8, 4) is 12.1 Å². The topological polar surface area (TPSA) is 72.5 Å². The van der Waals surface area contributed by atoms with Gasteiger partial charge in [-0.05, 0) is 35.1 Å². The molecule has 1 aromatic rings. The van der Waals surface area contributed by atoms with Gasteiger partial charge in [0.1, 0.15) is 18.4 Å². The van der Waals surface area contributed by atoms with Crippen molar-refractivity contribution in [1.29, 1.82) is 10.5 Å². The average Bonchev–Trinajstić information content (AvgIpc) is 2.20. The van der Waals surface area contributed by atoms with Crippen LogP contribution in [0.15, 0.2) is 6.20 Å². The summed E-state index contributed by atoms with van der Waals surface area (Å²) >= 11 is 2.12. The first-order valence-electron chi connectivity index (χ1n) is 3.86. The second-order valence-electron chi connectivity index (χ2n) is 2.58. The maximum atomic E-state index is 8.91. The molecule has 14 heavy (non-hydrogen) atoms. The fraction of sp³-hybridized carbons (Fsp3) is 0.222. The standard InChI is InChI=1S/C9H7IN4/c1-6-7(4-12)9(13-3-2-11)14-5-8(6)10/h5H,3H2,1H3,(H,13,14). The predicted molar refractivity (Wildman–Crippen MR) is 60.5 cm³/mol. The Morgan fingerprint density at radius 3 is 2.86 bits per heavy atom. The zero-order valence-corrected chi connectivity index (χ0v) is 9.66. The number of nitriles is 2. The Morgan fingerprint density at radius 1 is 1.57 bits per heavy atom. The minimum atomic E-state index is 0.154. The molecular formula is C9H7IN4. The molecule has 4 nitrogen and oxygen atoms in total. The van der Waals surface area contributed by atoms with Gasteiger partial charge in [-0.1, -0.05) is 0 Å². The average molecular weight is 298 g/mol. The number of halogens is 1. The van der Waals surface area contributed by atoms with Crippen LogP contribution in [0.2, 0.25) is 0 Å². The van der Waals surface area contributed by atoms with Crippen LogP contribution < -0.4 is 5.32 Å². The molecule has 1 N–H and O–H groups in total. The summed E-state index contributed by atoms with van der Waals surface area (Å²) in [7, 11) is 0. The third kappa shape index (κ3) is 2.12. The van der Waals surface area contributed by atoms with Crippen molar-refractivity contribution in [1.82, 2.24) is 4.98 Å². The lowest BCUT2D eigenvalue weighted by atomic mass is 10.1. The van der Waals surface area contributed by atoms with Gasteiger partial charge in [-0.15, -0.1) is 0 Å². The summed E-state index contributed by atoms with van der Waals surface area (Å²) in [6.07, 6.45) is 1.68. The van der Waals surface area contributed by atoms with Crippen molar-refractivity contribution in [3.05, 3.63) is 20.9 Å². The van der Waals surface area contributed by atoms with E-state index in [-0.39, 0.29) is 6.54 Å². The van der Waals surface area contributed by atoms with Crippen LogP contribution in [0, 0.1) is 33.2 Å². The maximum absolute atomic E-state index is 8.91. The zero-order valence-electron chi connectivity index (χ0n) is 7.50. The summed E-state index contributed by atoms with van der Waals surface area (Å²) in [6, 6.07) is 4.01. The number of hydrogen-bond donors (Lipinski definition) is 1. The Kier molecular flexibility index (Phi) is 3.66. The first-order valence-corrected chi connectivity index (χ1v) is 4.94. The van der Waals surface area contributed by atoms with Gasteiger partial charge in [-0.2, -0.15) is 10.5 Å². The van der Waals surface area contributed by atoms with Crippen LogP contribution in [0.5, 0.6) is 0 Å². The Labute approximate surface area is 95.7 Å². The first-order chi connectivity index (χ1) is 6.70. The molecule has 0 atom stereocenters. The molecule has 1 aromatic heterocycles. The zero-order chi connectivity index (χ0) is 10.6. The van der Waals surface area contributed by atoms with Crippen LogP contribution in [0.3, 0.4) is 0 Å². The van der Waals surface area contributed by atoms with Crippen molar-refractivity contribution >= 4 is 28.4 Å². The molecule has 0 amide bonds. The molecule has 0 saturated heterocycles. The summed E-state index contributed by atoms with van der Waals surface area (Å²) in [6.45, 7) is 2.02. The highest BCUT2D eigenvalue weighted by atomic mass is 127. The van der Waals surface area contributed by atoms with Crippen LogP contribution in [-0.4, -0.2) is 11.5 Å². The highest BCUT2D eigenvalue weighted by molar-refractivity contribution is 14.1. The van der Waals surface area contributed by atoms with Crippen LogP contribution in [0.1, 0.15) is 11.1 Å². The molecule has 0 aliphatic heterocycles. The third-order valence-corrected chi connectivity index (χ3v) is 2.81.